The largest absolute Gasteiger partial charge is 0.497 e. The molecular formula is C100H93Br2Cl2F3N20O10. The molecule has 8 amide bonds. The average molecular weight is 2020 g/mol. The van der Waals surface area contributed by atoms with E-state index in [0.29, 0.717) is 84.3 Å². The van der Waals surface area contributed by atoms with Crippen LogP contribution < -0.4 is 52.0 Å². The zero-order chi connectivity index (χ0) is 97.2. The van der Waals surface area contributed by atoms with Crippen molar-refractivity contribution in [2.45, 2.75) is 64.2 Å². The number of nitrogens with zero attached hydrogens (tertiary/aromatic N) is 8. The minimum Gasteiger partial charge on any atom is -0.497 e. The first-order valence-corrected chi connectivity index (χ1v) is 45.8. The number of hydrogen-bond donors (Lipinski definition) is 12. The van der Waals surface area contributed by atoms with Gasteiger partial charge in [-0.25, -0.2) is 33.1 Å². The summed E-state index contributed by atoms with van der Waals surface area (Å²) in [5, 5.41) is 55.6. The van der Waals surface area contributed by atoms with E-state index in [1.54, 1.807) is 164 Å². The number of carbonyl (C=O) groups excluding carboxylic acids is 8. The molecule has 37 heteroatoms. The Kier molecular flexibility index (Phi) is 34.6. The molecule has 0 saturated carbocycles. The average Bonchev–Trinajstić information content (AvgIpc) is 1.76. The molecule has 4 saturated heterocycles. The molecule has 4 aliphatic rings. The normalized spacial score (nSPS) is 13.1. The topological polar surface area (TPSA) is 411 Å². The quantitative estimate of drug-likeness (QED) is 0.0221. The second-order valence-corrected chi connectivity index (χ2v) is 34.3. The molecule has 4 fully saturated rings. The van der Waals surface area contributed by atoms with Gasteiger partial charge in [0.15, 0.2) is 0 Å². The summed E-state index contributed by atoms with van der Waals surface area (Å²) in [5.74, 6) is -2.93. The number of nitrogens with one attached hydrogen (secondary N) is 12. The van der Waals surface area contributed by atoms with Crippen molar-refractivity contribution in [3.63, 3.8) is 0 Å². The third kappa shape index (κ3) is 27.2. The molecular weight excluding hydrogens is 1930 g/mol. The Morgan fingerprint density at radius 3 is 0.934 bits per heavy atom. The van der Waals surface area contributed by atoms with Crippen molar-refractivity contribution in [2.75, 3.05) is 109 Å². The number of rotatable bonds is 22. The van der Waals surface area contributed by atoms with Gasteiger partial charge in [0.25, 0.3) is 47.3 Å². The molecule has 12 aromatic rings. The molecule has 0 spiro atoms. The number of benzene rings is 8. The molecule has 8 aromatic carbocycles. The van der Waals surface area contributed by atoms with Gasteiger partial charge in [-0.2, -0.15) is 0 Å². The number of ether oxygens (including phenoxy) is 2. The van der Waals surface area contributed by atoms with Crippen molar-refractivity contribution >= 4 is 172 Å². The van der Waals surface area contributed by atoms with Gasteiger partial charge in [0.2, 0.25) is 0 Å². The second-order valence-electron chi connectivity index (χ2n) is 31.6. The number of pyridine rings is 4. The standard InChI is InChI=1S/C26H26BrN5O3.C25H23BrFN5O2.C25H24ClN5O3.C24H20ClF2N5O2/c1-35-20-10-11-22(21(15-20)26(34)31-23-12-9-19(27)16-29-23)30-25(33)18-7-5-17(6-8-18)24(28)32-13-3-2-4-14-32;26-17-9-11-22(29-15-17)31-25(34)19-6-2-3-7-21(19)30-24(33)18-10-8-16(14-20(18)27)23(28)32-12-4-1-5-13-32;1-34-19-9-10-21(20(14-19)25(33)30-22-11-8-18(26)15-28-22)29-24(32)17-6-4-16(5-7-17)23(27)31-12-2-3-13-31;25-15-4-8-21(29-13-15)31-24(34)18-12-16(26)5-7-20(18)30-23(33)17-6-3-14(11-19(17)27)22(28)32-9-1-2-10-32/h5-12,15-16,28H,2-4,13-14H2,1H3,(H,30,33)(H,29,31,34);2-3,6-11,14-15,28H,1,4-5,12-13H2,(H,30,33)(H,29,31,34);4-11,14-15,27H,2-3,12-13H2,1H3,(H,29,32)(H,28,30,33);3-8,11-13,28H,1-2,9-10H2,(H,30,33)(H,29,31,34). The van der Waals surface area contributed by atoms with E-state index >= 15 is 0 Å². The summed E-state index contributed by atoms with van der Waals surface area (Å²) in [6.45, 7) is 6.57. The predicted octanol–water partition coefficient (Wildman–Crippen LogP) is 20.1. The monoisotopic (exact) mass is 2020 g/mol. The van der Waals surface area contributed by atoms with E-state index in [-0.39, 0.29) is 74.1 Å². The zero-order valence-corrected chi connectivity index (χ0v) is 78.7. The van der Waals surface area contributed by atoms with Crippen LogP contribution in [0.1, 0.15) is 169 Å². The number of methoxy groups -OCH3 is 2. The SMILES string of the molecule is COc1ccc(NC(=O)c2ccc(C(=N)N3CCCC3)cc2)c(C(=O)Nc2ccc(Cl)cn2)c1.COc1ccc(NC(=O)c2ccc(C(=N)N3CCCCC3)cc2)c(C(=O)Nc2ccc(Br)cn2)c1.N=C(c1ccc(C(=O)Nc2ccc(F)cc2C(=O)Nc2ccc(Cl)cn2)c(F)c1)N1CCCC1.N=C(c1ccc(C(=O)Nc2ccccc2C(=O)Nc2ccc(Br)cn2)c(F)c1)N1CCCCC1. The smallest absolute Gasteiger partial charge is 0.259 e. The molecule has 4 aliphatic heterocycles. The van der Waals surface area contributed by atoms with Gasteiger partial charge in [0.05, 0.1) is 80.4 Å². The minimum atomic E-state index is -0.818. The number of hydrogen-bond acceptors (Lipinski definition) is 18. The Morgan fingerprint density at radius 2 is 0.591 bits per heavy atom. The highest BCUT2D eigenvalue weighted by Crippen LogP contribution is 2.31. The fourth-order valence-electron chi connectivity index (χ4n) is 14.9. The fraction of sp³-hybridized carbons (Fsp3) is 0.200. The minimum absolute atomic E-state index is 0.00819. The lowest BCUT2D eigenvalue weighted by molar-refractivity contribution is 0.100. The Balaban J connectivity index is 0.000000154. The van der Waals surface area contributed by atoms with Gasteiger partial charge in [-0.15, -0.1) is 0 Å². The van der Waals surface area contributed by atoms with Crippen LogP contribution >= 0.6 is 55.1 Å². The summed E-state index contributed by atoms with van der Waals surface area (Å²) in [5.41, 5.74) is 4.15. The maximum atomic E-state index is 14.8. The van der Waals surface area contributed by atoms with Crippen LogP contribution in [-0.2, 0) is 0 Å². The number of aromatic nitrogens is 4. The summed E-state index contributed by atoms with van der Waals surface area (Å²) < 4.78 is 55.5. The molecule has 16 rings (SSSR count). The highest BCUT2D eigenvalue weighted by molar-refractivity contribution is 9.10. The lowest BCUT2D eigenvalue weighted by Gasteiger charge is -2.29. The number of para-hydroxylation sites is 1. The highest BCUT2D eigenvalue weighted by Gasteiger charge is 2.28. The van der Waals surface area contributed by atoms with Crippen molar-refractivity contribution in [1.82, 2.24) is 39.5 Å². The van der Waals surface area contributed by atoms with E-state index in [0.717, 1.165) is 148 Å². The maximum Gasteiger partial charge on any atom is 0.259 e. The lowest BCUT2D eigenvalue weighted by atomic mass is 10.1. The van der Waals surface area contributed by atoms with Gasteiger partial charge in [0.1, 0.15) is 75.6 Å². The molecule has 0 radical (unpaired) electrons. The van der Waals surface area contributed by atoms with Crippen LogP contribution in [0.3, 0.4) is 0 Å². The van der Waals surface area contributed by atoms with E-state index in [4.69, 9.17) is 54.3 Å². The second kappa shape index (κ2) is 47.7. The number of carbonyl (C=O) groups is 8. The molecule has 0 aliphatic carbocycles. The Hall–Kier alpha value is -15.1. The first-order chi connectivity index (χ1) is 66.1. The van der Waals surface area contributed by atoms with Crippen LogP contribution in [0.5, 0.6) is 11.5 Å². The first kappa shape index (κ1) is 99.4. The number of likely N-dealkylation sites (tertiary alicyclic amines) is 4. The van der Waals surface area contributed by atoms with E-state index in [1.807, 2.05) is 14.7 Å². The van der Waals surface area contributed by atoms with Gasteiger partial charge < -0.3 is 71.6 Å². The molecule has 8 heterocycles. The third-order valence-corrected chi connectivity index (χ3v) is 23.6. The van der Waals surface area contributed by atoms with Crippen LogP contribution in [-0.4, -0.2) is 177 Å². The van der Waals surface area contributed by atoms with Gasteiger partial charge in [-0.1, -0.05) is 71.7 Å². The van der Waals surface area contributed by atoms with Gasteiger partial charge in [-0.3, -0.25) is 60.0 Å². The van der Waals surface area contributed by atoms with Crippen LogP contribution in [0.15, 0.2) is 246 Å². The molecule has 30 nitrogen and oxygen atoms in total. The Labute approximate surface area is 813 Å². The number of halogens is 7. The van der Waals surface area contributed by atoms with Gasteiger partial charge in [-0.05, 0) is 260 Å². The molecule has 4 aromatic heterocycles. The van der Waals surface area contributed by atoms with E-state index in [9.17, 15) is 51.5 Å². The maximum absolute atomic E-state index is 14.8. The van der Waals surface area contributed by atoms with Gasteiger partial charge in [0, 0.05) is 119 Å². The Bertz CT molecular complexity index is 6480. The Morgan fingerprint density at radius 1 is 0.299 bits per heavy atom. The van der Waals surface area contributed by atoms with Crippen LogP contribution in [0.2, 0.25) is 10.0 Å². The molecule has 0 unspecified atom stereocenters. The van der Waals surface area contributed by atoms with Crippen molar-refractivity contribution in [1.29, 1.82) is 21.6 Å². The number of anilines is 8. The van der Waals surface area contributed by atoms with E-state index in [1.165, 1.54) is 75.5 Å². The van der Waals surface area contributed by atoms with Gasteiger partial charge >= 0.3 is 0 Å². The van der Waals surface area contributed by atoms with Crippen molar-refractivity contribution in [3.8, 4) is 11.5 Å². The lowest BCUT2D eigenvalue weighted by Crippen LogP contribution is -2.35. The molecule has 0 atom stereocenters. The molecule has 12 N–H and O–H groups in total. The number of amides is 8. The summed E-state index contributed by atoms with van der Waals surface area (Å²) in [7, 11) is 3.01. The van der Waals surface area contributed by atoms with E-state index in [2.05, 4.69) is 99.2 Å². The molecule has 702 valence electrons. The first-order valence-electron chi connectivity index (χ1n) is 43.5. The van der Waals surface area contributed by atoms with Crippen molar-refractivity contribution in [2.24, 2.45) is 0 Å². The molecule has 137 heavy (non-hydrogen) atoms. The summed E-state index contributed by atoms with van der Waals surface area (Å²) >= 11 is 18.2. The fourth-order valence-corrected chi connectivity index (χ4v) is 15.6. The third-order valence-electron chi connectivity index (χ3n) is 22.2. The van der Waals surface area contributed by atoms with Crippen molar-refractivity contribution in [3.05, 3.63) is 340 Å². The summed E-state index contributed by atoms with van der Waals surface area (Å²) in [6.07, 6.45) is 16.6. The van der Waals surface area contributed by atoms with E-state index < -0.39 is 52.9 Å². The number of piperidine rings is 2. The van der Waals surface area contributed by atoms with Crippen molar-refractivity contribution < 1.29 is 61.0 Å². The van der Waals surface area contributed by atoms with Crippen LogP contribution in [0.25, 0.3) is 0 Å². The summed E-state index contributed by atoms with van der Waals surface area (Å²) in [4.78, 5) is 127. The predicted molar refractivity (Wildman–Crippen MR) is 530 cm³/mol. The number of amidine groups is 4. The van der Waals surface area contributed by atoms with Crippen LogP contribution in [0.4, 0.5) is 59.2 Å². The summed E-state index contributed by atoms with van der Waals surface area (Å²) in [6, 6.07) is 54.3. The highest BCUT2D eigenvalue weighted by atomic mass is 79.9. The zero-order valence-electron chi connectivity index (χ0n) is 74.1. The van der Waals surface area contributed by atoms with Crippen LogP contribution in [0, 0.1) is 39.1 Å². The molecule has 0 bridgehead atoms.